The smallest absolute Gasteiger partial charge is 0.326 e. The molecule has 0 aliphatic carbocycles. The Labute approximate surface area is 109 Å². The van der Waals surface area contributed by atoms with Gasteiger partial charge in [0.2, 0.25) is 5.91 Å². The van der Waals surface area contributed by atoms with Gasteiger partial charge in [-0.1, -0.05) is 0 Å². The summed E-state index contributed by atoms with van der Waals surface area (Å²) in [6.07, 6.45) is 0.992. The van der Waals surface area contributed by atoms with Crippen LogP contribution in [0.2, 0.25) is 0 Å². The lowest BCUT2D eigenvalue weighted by Crippen LogP contribution is -2.41. The fraction of sp³-hybridized carbons (Fsp3) is 0.385. The minimum absolute atomic E-state index is 0.0446. The second-order valence-electron chi connectivity index (χ2n) is 4.57. The van der Waals surface area contributed by atoms with Gasteiger partial charge in [-0.15, -0.1) is 0 Å². The van der Waals surface area contributed by atoms with E-state index in [1.54, 1.807) is 0 Å². The second kappa shape index (κ2) is 5.17. The summed E-state index contributed by atoms with van der Waals surface area (Å²) >= 11 is 0. The lowest BCUT2D eigenvalue weighted by atomic mass is 10.1. The van der Waals surface area contributed by atoms with Crippen molar-refractivity contribution in [1.82, 2.24) is 4.90 Å². The van der Waals surface area contributed by atoms with Crippen molar-refractivity contribution in [2.24, 2.45) is 0 Å². The molecule has 6 heteroatoms. The zero-order chi connectivity index (χ0) is 14.0. The summed E-state index contributed by atoms with van der Waals surface area (Å²) in [6, 6.07) is 3.14. The Morgan fingerprint density at radius 1 is 1.32 bits per heavy atom. The predicted molar refractivity (Wildman–Crippen MR) is 65.8 cm³/mol. The zero-order valence-corrected chi connectivity index (χ0v) is 10.2. The third-order valence-corrected chi connectivity index (χ3v) is 3.26. The monoisotopic (exact) mass is 265 g/mol. The van der Waals surface area contributed by atoms with Crippen molar-refractivity contribution in [3.63, 3.8) is 0 Å². The molecule has 1 saturated heterocycles. The first-order chi connectivity index (χ1) is 8.99. The quantitative estimate of drug-likeness (QED) is 0.699. The number of hydrogen-bond donors (Lipinski definition) is 3. The van der Waals surface area contributed by atoms with E-state index in [-0.39, 0.29) is 23.8 Å². The van der Waals surface area contributed by atoms with Crippen molar-refractivity contribution in [2.45, 2.75) is 25.3 Å². The van der Waals surface area contributed by atoms with Crippen LogP contribution in [0.15, 0.2) is 18.2 Å². The molecule has 102 valence electrons. The average molecular weight is 265 g/mol. The maximum absolute atomic E-state index is 12.1. The van der Waals surface area contributed by atoms with Crippen molar-refractivity contribution in [1.29, 1.82) is 0 Å². The van der Waals surface area contributed by atoms with E-state index in [2.05, 4.69) is 0 Å². The van der Waals surface area contributed by atoms with Gasteiger partial charge in [-0.2, -0.15) is 0 Å². The minimum atomic E-state index is -1.01. The molecule has 0 radical (unpaired) electrons. The van der Waals surface area contributed by atoms with Gasteiger partial charge in [0.25, 0.3) is 0 Å². The number of phenolic OH excluding ortho intramolecular Hbond substituents is 2. The van der Waals surface area contributed by atoms with E-state index in [1.807, 2.05) is 0 Å². The highest BCUT2D eigenvalue weighted by molar-refractivity contribution is 5.86. The Bertz CT molecular complexity index is 514. The Kier molecular flexibility index (Phi) is 3.59. The topological polar surface area (TPSA) is 98.1 Å². The molecule has 1 fully saturated rings. The van der Waals surface area contributed by atoms with Crippen LogP contribution in [-0.4, -0.2) is 44.7 Å². The lowest BCUT2D eigenvalue weighted by molar-refractivity contribution is -0.148. The number of carbonyl (C=O) groups is 2. The third-order valence-electron chi connectivity index (χ3n) is 3.26. The highest BCUT2D eigenvalue weighted by atomic mass is 16.4. The number of aliphatic carboxylic acids is 1. The van der Waals surface area contributed by atoms with Gasteiger partial charge in [0.1, 0.15) is 17.5 Å². The molecular formula is C13H15NO5. The largest absolute Gasteiger partial charge is 0.508 e. The summed E-state index contributed by atoms with van der Waals surface area (Å²) in [5.41, 5.74) is 0.293. The van der Waals surface area contributed by atoms with Crippen LogP contribution in [0.5, 0.6) is 11.5 Å². The number of phenols is 2. The molecule has 6 nitrogen and oxygen atoms in total. The number of rotatable bonds is 3. The molecule has 0 saturated carbocycles. The first-order valence-electron chi connectivity index (χ1n) is 6.02. The van der Waals surface area contributed by atoms with Crippen LogP contribution in [0.3, 0.4) is 0 Å². The number of benzene rings is 1. The van der Waals surface area contributed by atoms with Crippen molar-refractivity contribution in [3.8, 4) is 11.5 Å². The van der Waals surface area contributed by atoms with Crippen LogP contribution in [0, 0.1) is 0 Å². The summed E-state index contributed by atoms with van der Waals surface area (Å²) in [4.78, 5) is 24.4. The molecule has 1 aromatic rings. The van der Waals surface area contributed by atoms with Crippen LogP contribution in [0.4, 0.5) is 0 Å². The maximum Gasteiger partial charge on any atom is 0.326 e. The number of amides is 1. The predicted octanol–water partition coefficient (Wildman–Crippen LogP) is 0.716. The molecule has 19 heavy (non-hydrogen) atoms. The molecule has 0 bridgehead atoms. The Balaban J connectivity index is 2.12. The summed E-state index contributed by atoms with van der Waals surface area (Å²) in [7, 11) is 0. The SMILES string of the molecule is O=C(O)[C@H]1CCCN1C(=O)Cc1cc(O)ccc1O. The van der Waals surface area contributed by atoms with Gasteiger partial charge >= 0.3 is 5.97 Å². The van der Waals surface area contributed by atoms with Crippen molar-refractivity contribution in [3.05, 3.63) is 23.8 Å². The molecule has 1 amide bonds. The number of likely N-dealkylation sites (tertiary alicyclic amines) is 1. The Morgan fingerprint density at radius 3 is 2.74 bits per heavy atom. The number of nitrogens with zero attached hydrogens (tertiary/aromatic N) is 1. The van der Waals surface area contributed by atoms with Crippen LogP contribution in [0.1, 0.15) is 18.4 Å². The van der Waals surface area contributed by atoms with E-state index in [4.69, 9.17) is 5.11 Å². The molecule has 1 aromatic carbocycles. The first kappa shape index (κ1) is 13.2. The van der Waals surface area contributed by atoms with Gasteiger partial charge in [-0.05, 0) is 31.0 Å². The highest BCUT2D eigenvalue weighted by Gasteiger charge is 2.33. The van der Waals surface area contributed by atoms with Gasteiger partial charge in [0, 0.05) is 12.1 Å². The van der Waals surface area contributed by atoms with E-state index in [9.17, 15) is 19.8 Å². The molecular weight excluding hydrogens is 250 g/mol. The summed E-state index contributed by atoms with van der Waals surface area (Å²) in [5.74, 6) is -1.49. The van der Waals surface area contributed by atoms with Gasteiger partial charge in [-0.25, -0.2) is 4.79 Å². The van der Waals surface area contributed by atoms with Gasteiger partial charge in [0.05, 0.1) is 6.42 Å². The Morgan fingerprint density at radius 2 is 2.05 bits per heavy atom. The van der Waals surface area contributed by atoms with Crippen LogP contribution < -0.4 is 0 Å². The summed E-state index contributed by atoms with van der Waals surface area (Å²) < 4.78 is 0. The van der Waals surface area contributed by atoms with Crippen LogP contribution in [0.25, 0.3) is 0 Å². The number of aromatic hydroxyl groups is 2. The van der Waals surface area contributed by atoms with E-state index < -0.39 is 12.0 Å². The van der Waals surface area contributed by atoms with E-state index >= 15 is 0 Å². The summed E-state index contributed by atoms with van der Waals surface area (Å²) in [5, 5.41) is 27.9. The molecule has 1 aliphatic rings. The van der Waals surface area contributed by atoms with Gasteiger partial charge < -0.3 is 20.2 Å². The standard InChI is InChI=1S/C13H15NO5/c15-9-3-4-11(16)8(6-9)7-12(17)14-5-1-2-10(14)13(18)19/h3-4,6,10,15-16H,1-2,5,7H2,(H,18,19)/t10-/m1/s1. The van der Waals surface area contributed by atoms with Crippen LogP contribution >= 0.6 is 0 Å². The number of carboxylic acid groups (broad SMARTS) is 1. The molecule has 0 unspecified atom stereocenters. The fourth-order valence-electron chi connectivity index (χ4n) is 2.30. The first-order valence-corrected chi connectivity index (χ1v) is 6.02. The zero-order valence-electron chi connectivity index (χ0n) is 10.2. The Hall–Kier alpha value is -2.24. The third kappa shape index (κ3) is 2.78. The normalized spacial score (nSPS) is 18.5. The van der Waals surface area contributed by atoms with Crippen molar-refractivity contribution >= 4 is 11.9 Å². The molecule has 0 aromatic heterocycles. The van der Waals surface area contributed by atoms with E-state index in [0.717, 1.165) is 0 Å². The van der Waals surface area contributed by atoms with Crippen molar-refractivity contribution < 1.29 is 24.9 Å². The molecule has 1 atom stereocenters. The molecule has 3 N–H and O–H groups in total. The second-order valence-corrected chi connectivity index (χ2v) is 4.57. The lowest BCUT2D eigenvalue weighted by Gasteiger charge is -2.21. The molecule has 2 rings (SSSR count). The van der Waals surface area contributed by atoms with Gasteiger partial charge in [0.15, 0.2) is 0 Å². The molecule has 1 aliphatic heterocycles. The fourth-order valence-corrected chi connectivity index (χ4v) is 2.30. The number of hydrogen-bond acceptors (Lipinski definition) is 4. The molecule has 1 heterocycles. The minimum Gasteiger partial charge on any atom is -0.508 e. The van der Waals surface area contributed by atoms with E-state index in [1.165, 1.54) is 23.1 Å². The number of carbonyl (C=O) groups excluding carboxylic acids is 1. The van der Waals surface area contributed by atoms with Crippen LogP contribution in [-0.2, 0) is 16.0 Å². The molecule has 0 spiro atoms. The average Bonchev–Trinajstić information content (AvgIpc) is 2.83. The van der Waals surface area contributed by atoms with E-state index in [0.29, 0.717) is 24.9 Å². The van der Waals surface area contributed by atoms with Gasteiger partial charge in [-0.3, -0.25) is 4.79 Å². The summed E-state index contributed by atoms with van der Waals surface area (Å²) in [6.45, 7) is 0.412. The highest BCUT2D eigenvalue weighted by Crippen LogP contribution is 2.25. The number of carboxylic acids is 1. The maximum atomic E-state index is 12.1. The van der Waals surface area contributed by atoms with Crippen molar-refractivity contribution in [2.75, 3.05) is 6.54 Å².